The zero-order chi connectivity index (χ0) is 13.4. The molecular formula is C13H17Cl2NO2. The Morgan fingerprint density at radius 1 is 1.44 bits per heavy atom. The normalized spacial score (nSPS) is 11.4. The van der Waals surface area contributed by atoms with Crippen LogP contribution in [0, 0.1) is 0 Å². The number of rotatable bonds is 7. The Bertz CT molecular complexity index is 408. The van der Waals surface area contributed by atoms with Gasteiger partial charge in [-0.3, -0.25) is 0 Å². The average Bonchev–Trinajstić information content (AvgIpc) is 2.42. The number of nitrogens with one attached hydrogen (secondary N) is 1. The van der Waals surface area contributed by atoms with E-state index in [2.05, 4.69) is 5.32 Å². The van der Waals surface area contributed by atoms with E-state index in [9.17, 15) is 0 Å². The summed E-state index contributed by atoms with van der Waals surface area (Å²) in [6.45, 7) is 3.88. The predicted octanol–water partition coefficient (Wildman–Crippen LogP) is 3.50. The molecule has 0 heterocycles. The Kier molecular flexibility index (Phi) is 6.94. The number of halogens is 2. The molecule has 1 aromatic carbocycles. The van der Waals surface area contributed by atoms with Crippen LogP contribution >= 0.6 is 23.2 Å². The minimum Gasteiger partial charge on any atom is -0.493 e. The molecule has 5 heteroatoms. The summed E-state index contributed by atoms with van der Waals surface area (Å²) in [5.41, 5.74) is 2.32. The quantitative estimate of drug-likeness (QED) is 0.833. The van der Waals surface area contributed by atoms with Crippen molar-refractivity contribution in [1.82, 2.24) is 5.32 Å². The summed E-state index contributed by atoms with van der Waals surface area (Å²) >= 11 is 11.3. The first-order valence-corrected chi connectivity index (χ1v) is 6.48. The Labute approximate surface area is 118 Å². The molecular weight excluding hydrogens is 273 g/mol. The highest BCUT2D eigenvalue weighted by Crippen LogP contribution is 2.31. The Morgan fingerprint density at radius 2 is 2.22 bits per heavy atom. The molecule has 0 bridgehead atoms. The summed E-state index contributed by atoms with van der Waals surface area (Å²) in [7, 11) is 1.61. The highest BCUT2D eigenvalue weighted by molar-refractivity contribution is 6.36. The first-order valence-electron chi connectivity index (χ1n) is 5.67. The van der Waals surface area contributed by atoms with Gasteiger partial charge >= 0.3 is 0 Å². The molecule has 1 N–H and O–H groups in total. The van der Waals surface area contributed by atoms with Gasteiger partial charge in [-0.2, -0.15) is 0 Å². The molecule has 0 aliphatic carbocycles. The van der Waals surface area contributed by atoms with Gasteiger partial charge in [-0.25, -0.2) is 0 Å². The van der Waals surface area contributed by atoms with Crippen LogP contribution < -0.4 is 14.8 Å². The number of benzene rings is 1. The summed E-state index contributed by atoms with van der Waals surface area (Å²) in [5.74, 6) is 1.38. The van der Waals surface area contributed by atoms with E-state index in [0.717, 1.165) is 12.1 Å². The first-order chi connectivity index (χ1) is 8.72. The van der Waals surface area contributed by atoms with Crippen LogP contribution in [-0.2, 0) is 6.54 Å². The molecule has 0 amide bonds. The summed E-state index contributed by atoms with van der Waals surface area (Å²) in [4.78, 5) is 0. The van der Waals surface area contributed by atoms with Gasteiger partial charge in [0.1, 0.15) is 6.61 Å². The third kappa shape index (κ3) is 4.41. The summed E-state index contributed by atoms with van der Waals surface area (Å²) in [6.07, 6.45) is 0. The molecule has 18 heavy (non-hydrogen) atoms. The molecule has 0 spiro atoms. The van der Waals surface area contributed by atoms with E-state index in [1.807, 2.05) is 25.1 Å². The fourth-order valence-electron chi connectivity index (χ4n) is 1.46. The second-order valence-corrected chi connectivity index (χ2v) is 4.28. The lowest BCUT2D eigenvalue weighted by Crippen LogP contribution is -2.13. The van der Waals surface area contributed by atoms with Gasteiger partial charge in [0.15, 0.2) is 11.5 Å². The molecule has 1 aromatic rings. The fraction of sp³-hybridized carbons (Fsp3) is 0.385. The van der Waals surface area contributed by atoms with Gasteiger partial charge in [-0.1, -0.05) is 42.3 Å². The van der Waals surface area contributed by atoms with Crippen molar-refractivity contribution < 1.29 is 9.47 Å². The molecule has 0 unspecified atom stereocenters. The van der Waals surface area contributed by atoms with Crippen LogP contribution in [0.2, 0.25) is 0 Å². The molecule has 0 radical (unpaired) electrons. The molecule has 0 atom stereocenters. The summed E-state index contributed by atoms with van der Waals surface area (Å²) in [5, 5.41) is 3.69. The third-order valence-corrected chi connectivity index (χ3v) is 2.91. The maximum atomic E-state index is 5.82. The van der Waals surface area contributed by atoms with Crippen molar-refractivity contribution in [3.05, 3.63) is 34.3 Å². The lowest BCUT2D eigenvalue weighted by atomic mass is 10.2. The lowest BCUT2D eigenvalue weighted by Gasteiger charge is -2.15. The number of hydrogen-bond acceptors (Lipinski definition) is 3. The highest BCUT2D eigenvalue weighted by atomic mass is 35.5. The van der Waals surface area contributed by atoms with Gasteiger partial charge in [0.05, 0.1) is 12.1 Å². The van der Waals surface area contributed by atoms with Crippen LogP contribution in [0.5, 0.6) is 11.5 Å². The molecule has 100 valence electrons. The van der Waals surface area contributed by atoms with Crippen molar-refractivity contribution in [2.75, 3.05) is 20.3 Å². The SMILES string of the molecule is CCNCc1cccc(OC)c1OCC(Cl)=CCl. The monoisotopic (exact) mass is 289 g/mol. The lowest BCUT2D eigenvalue weighted by molar-refractivity contribution is 0.320. The number of ether oxygens (including phenoxy) is 2. The Hall–Kier alpha value is -0.900. The van der Waals surface area contributed by atoms with Gasteiger partial charge in [0.25, 0.3) is 0 Å². The van der Waals surface area contributed by atoms with E-state index in [1.165, 1.54) is 5.54 Å². The fourth-order valence-corrected chi connectivity index (χ4v) is 1.57. The summed E-state index contributed by atoms with van der Waals surface area (Å²) in [6, 6.07) is 5.76. The van der Waals surface area contributed by atoms with E-state index < -0.39 is 0 Å². The number of methoxy groups -OCH3 is 1. The van der Waals surface area contributed by atoms with Crippen molar-refractivity contribution >= 4 is 23.2 Å². The van der Waals surface area contributed by atoms with Gasteiger partial charge in [0, 0.05) is 17.6 Å². The van der Waals surface area contributed by atoms with Gasteiger partial charge in [-0.15, -0.1) is 0 Å². The van der Waals surface area contributed by atoms with Crippen LogP contribution in [0.4, 0.5) is 0 Å². The van der Waals surface area contributed by atoms with Crippen LogP contribution in [0.15, 0.2) is 28.8 Å². The smallest absolute Gasteiger partial charge is 0.166 e. The van der Waals surface area contributed by atoms with E-state index in [1.54, 1.807) is 7.11 Å². The molecule has 0 aliphatic rings. The maximum absolute atomic E-state index is 5.82. The van der Waals surface area contributed by atoms with Gasteiger partial charge in [0.2, 0.25) is 0 Å². The van der Waals surface area contributed by atoms with E-state index in [4.69, 9.17) is 32.7 Å². The molecule has 0 fully saturated rings. The Balaban J connectivity index is 2.88. The van der Waals surface area contributed by atoms with Gasteiger partial charge < -0.3 is 14.8 Å². The molecule has 0 aliphatic heterocycles. The van der Waals surface area contributed by atoms with E-state index in [0.29, 0.717) is 23.1 Å². The molecule has 1 rings (SSSR count). The standard InChI is InChI=1S/C13H17Cl2NO2/c1-3-16-8-10-5-4-6-12(17-2)13(10)18-9-11(15)7-14/h4-7,16H,3,8-9H2,1-2H3. The topological polar surface area (TPSA) is 30.5 Å². The first kappa shape index (κ1) is 15.2. The van der Waals surface area contributed by atoms with E-state index in [-0.39, 0.29) is 6.61 Å². The maximum Gasteiger partial charge on any atom is 0.166 e. The number of hydrogen-bond donors (Lipinski definition) is 1. The van der Waals surface area contributed by atoms with Crippen molar-refractivity contribution in [1.29, 1.82) is 0 Å². The van der Waals surface area contributed by atoms with Crippen LogP contribution in [0.1, 0.15) is 12.5 Å². The zero-order valence-corrected chi connectivity index (χ0v) is 12.0. The van der Waals surface area contributed by atoms with Crippen molar-refractivity contribution in [2.45, 2.75) is 13.5 Å². The molecule has 0 saturated heterocycles. The molecule has 0 saturated carbocycles. The second-order valence-electron chi connectivity index (χ2n) is 3.57. The van der Waals surface area contributed by atoms with Crippen LogP contribution in [0.3, 0.4) is 0 Å². The van der Waals surface area contributed by atoms with Crippen molar-refractivity contribution in [2.24, 2.45) is 0 Å². The second kappa shape index (κ2) is 8.25. The number of para-hydroxylation sites is 1. The minimum absolute atomic E-state index is 0.227. The van der Waals surface area contributed by atoms with Crippen molar-refractivity contribution in [3.63, 3.8) is 0 Å². The average molecular weight is 290 g/mol. The van der Waals surface area contributed by atoms with Crippen LogP contribution in [-0.4, -0.2) is 20.3 Å². The zero-order valence-electron chi connectivity index (χ0n) is 10.5. The minimum atomic E-state index is 0.227. The van der Waals surface area contributed by atoms with Crippen LogP contribution in [0.25, 0.3) is 0 Å². The predicted molar refractivity (Wildman–Crippen MR) is 75.7 cm³/mol. The van der Waals surface area contributed by atoms with Gasteiger partial charge in [-0.05, 0) is 12.6 Å². The largest absolute Gasteiger partial charge is 0.493 e. The highest BCUT2D eigenvalue weighted by Gasteiger charge is 2.10. The van der Waals surface area contributed by atoms with E-state index >= 15 is 0 Å². The van der Waals surface area contributed by atoms with Crippen molar-refractivity contribution in [3.8, 4) is 11.5 Å². The third-order valence-electron chi connectivity index (χ3n) is 2.32. The Morgan fingerprint density at radius 3 is 2.83 bits per heavy atom. The molecule has 0 aromatic heterocycles. The molecule has 3 nitrogen and oxygen atoms in total. The summed E-state index contributed by atoms with van der Waals surface area (Å²) < 4.78 is 10.9.